The van der Waals surface area contributed by atoms with E-state index in [1.54, 1.807) is 50.8 Å². The summed E-state index contributed by atoms with van der Waals surface area (Å²) in [5, 5.41) is 6.00. The molecule has 162 valence electrons. The van der Waals surface area contributed by atoms with Gasteiger partial charge in [0.1, 0.15) is 12.4 Å². The summed E-state index contributed by atoms with van der Waals surface area (Å²) in [5.41, 5.74) is 5.57. The highest BCUT2D eigenvalue weighted by Crippen LogP contribution is 2.28. The van der Waals surface area contributed by atoms with Crippen molar-refractivity contribution in [2.75, 3.05) is 14.2 Å². The summed E-state index contributed by atoms with van der Waals surface area (Å²) < 4.78 is 16.5. The van der Waals surface area contributed by atoms with Crippen LogP contribution >= 0.6 is 34.8 Å². The predicted molar refractivity (Wildman–Crippen MR) is 126 cm³/mol. The van der Waals surface area contributed by atoms with Crippen molar-refractivity contribution in [3.05, 3.63) is 86.4 Å². The third-order valence-corrected chi connectivity index (χ3v) is 5.22. The largest absolute Gasteiger partial charge is 0.493 e. The fraction of sp³-hybridized carbons (Fsp3) is 0.174. The summed E-state index contributed by atoms with van der Waals surface area (Å²) in [6.07, 6.45) is 1.66. The Labute approximate surface area is 196 Å². The molecule has 0 fully saturated rings. The molecular formula is C23H21Cl3N2O3. The van der Waals surface area contributed by atoms with Crippen molar-refractivity contribution in [2.45, 2.75) is 13.2 Å². The zero-order valence-electron chi connectivity index (χ0n) is 17.0. The Morgan fingerprint density at radius 1 is 0.839 bits per heavy atom. The molecule has 31 heavy (non-hydrogen) atoms. The van der Waals surface area contributed by atoms with E-state index in [2.05, 4.69) is 10.5 Å². The zero-order valence-corrected chi connectivity index (χ0v) is 19.3. The van der Waals surface area contributed by atoms with E-state index < -0.39 is 0 Å². The minimum Gasteiger partial charge on any atom is -0.493 e. The maximum absolute atomic E-state index is 6.22. The van der Waals surface area contributed by atoms with Crippen LogP contribution in [0.3, 0.4) is 0 Å². The maximum atomic E-state index is 6.22. The van der Waals surface area contributed by atoms with Crippen molar-refractivity contribution in [1.82, 2.24) is 5.43 Å². The summed E-state index contributed by atoms with van der Waals surface area (Å²) in [6.45, 7) is 0.797. The Morgan fingerprint density at radius 2 is 1.55 bits per heavy atom. The lowest BCUT2D eigenvalue weighted by molar-refractivity contribution is 0.306. The van der Waals surface area contributed by atoms with Crippen LogP contribution in [0, 0.1) is 0 Å². The molecule has 3 rings (SSSR count). The molecule has 0 heterocycles. The Hall–Kier alpha value is -2.60. The van der Waals surface area contributed by atoms with Gasteiger partial charge in [-0.25, -0.2) is 0 Å². The van der Waals surface area contributed by atoms with Crippen LogP contribution in [-0.4, -0.2) is 20.4 Å². The second kappa shape index (κ2) is 11.1. The van der Waals surface area contributed by atoms with E-state index in [1.807, 2.05) is 24.3 Å². The first-order valence-corrected chi connectivity index (χ1v) is 10.5. The van der Waals surface area contributed by atoms with E-state index >= 15 is 0 Å². The number of nitrogens with zero attached hydrogens (tertiary/aromatic N) is 1. The van der Waals surface area contributed by atoms with E-state index in [1.165, 1.54) is 0 Å². The molecule has 0 radical (unpaired) electrons. The van der Waals surface area contributed by atoms with Gasteiger partial charge in [0, 0.05) is 26.2 Å². The van der Waals surface area contributed by atoms with Gasteiger partial charge in [-0.05, 0) is 48.0 Å². The molecule has 0 atom stereocenters. The minimum absolute atomic E-state index is 0.289. The molecule has 8 heteroatoms. The van der Waals surface area contributed by atoms with Gasteiger partial charge in [-0.1, -0.05) is 46.9 Å². The topological polar surface area (TPSA) is 52.1 Å². The smallest absolute Gasteiger partial charge is 0.161 e. The highest BCUT2D eigenvalue weighted by atomic mass is 35.5. The first kappa shape index (κ1) is 23.1. The summed E-state index contributed by atoms with van der Waals surface area (Å²) in [4.78, 5) is 0. The molecule has 1 N–H and O–H groups in total. The second-order valence-corrected chi connectivity index (χ2v) is 7.77. The van der Waals surface area contributed by atoms with Gasteiger partial charge in [0.25, 0.3) is 0 Å². The molecule has 5 nitrogen and oxygen atoms in total. The molecule has 0 aliphatic carbocycles. The second-order valence-electron chi connectivity index (χ2n) is 6.49. The van der Waals surface area contributed by atoms with Gasteiger partial charge in [-0.2, -0.15) is 5.10 Å². The van der Waals surface area contributed by atoms with Gasteiger partial charge in [0.05, 0.1) is 27.0 Å². The van der Waals surface area contributed by atoms with Gasteiger partial charge in [0.15, 0.2) is 11.5 Å². The van der Waals surface area contributed by atoms with Crippen LogP contribution < -0.4 is 19.6 Å². The monoisotopic (exact) mass is 478 g/mol. The standard InChI is InChI=1S/C23H21Cl3N2O3/c1-29-22-7-3-15(9-23(22)30-2)12-27-28-13-17-10-18(24)6-8-21(17)31-14-16-4-5-19(25)11-20(16)26/h3-11,13,27H,12,14H2,1-2H3/b28-13-. The Kier molecular flexibility index (Phi) is 8.29. The van der Waals surface area contributed by atoms with Crippen LogP contribution in [0.4, 0.5) is 0 Å². The van der Waals surface area contributed by atoms with Crippen LogP contribution in [0.2, 0.25) is 15.1 Å². The quantitative estimate of drug-likeness (QED) is 0.286. The number of benzene rings is 3. The van der Waals surface area contributed by atoms with Crippen molar-refractivity contribution >= 4 is 41.0 Å². The van der Waals surface area contributed by atoms with E-state index in [0.717, 1.165) is 16.7 Å². The fourth-order valence-corrected chi connectivity index (χ4v) is 3.43. The molecule has 0 bridgehead atoms. The van der Waals surface area contributed by atoms with Crippen LogP contribution in [0.15, 0.2) is 59.7 Å². The van der Waals surface area contributed by atoms with Crippen molar-refractivity contribution < 1.29 is 14.2 Å². The van der Waals surface area contributed by atoms with Gasteiger partial charge < -0.3 is 19.6 Å². The van der Waals surface area contributed by atoms with Gasteiger partial charge >= 0.3 is 0 Å². The summed E-state index contributed by atoms with van der Waals surface area (Å²) in [5.74, 6) is 1.97. The predicted octanol–water partition coefficient (Wildman–Crippen LogP) is 6.37. The van der Waals surface area contributed by atoms with Crippen LogP contribution in [-0.2, 0) is 13.2 Å². The number of hydrogen-bond donors (Lipinski definition) is 1. The molecule has 0 amide bonds. The van der Waals surface area contributed by atoms with Crippen LogP contribution in [0.5, 0.6) is 17.2 Å². The first-order valence-electron chi connectivity index (χ1n) is 9.33. The number of ether oxygens (including phenoxy) is 3. The van der Waals surface area contributed by atoms with Crippen molar-refractivity contribution in [1.29, 1.82) is 0 Å². The minimum atomic E-state index is 0.289. The number of hydrogen-bond acceptors (Lipinski definition) is 5. The Bertz CT molecular complexity index is 1070. The molecule has 0 aliphatic rings. The normalized spacial score (nSPS) is 10.9. The summed E-state index contributed by atoms with van der Waals surface area (Å²) in [6, 6.07) is 16.3. The highest BCUT2D eigenvalue weighted by molar-refractivity contribution is 6.35. The van der Waals surface area contributed by atoms with E-state index in [4.69, 9.17) is 49.0 Å². The number of rotatable bonds is 9. The molecule has 0 aliphatic heterocycles. The maximum Gasteiger partial charge on any atom is 0.161 e. The third-order valence-electron chi connectivity index (χ3n) is 4.40. The number of hydrazone groups is 1. The SMILES string of the molecule is COc1ccc(CN/N=C\c2cc(Cl)ccc2OCc2ccc(Cl)cc2Cl)cc1OC. The number of nitrogens with one attached hydrogen (secondary N) is 1. The lowest BCUT2D eigenvalue weighted by Crippen LogP contribution is -2.06. The molecule has 3 aromatic rings. The first-order chi connectivity index (χ1) is 15.0. The van der Waals surface area contributed by atoms with E-state index in [-0.39, 0.29) is 6.61 Å². The highest BCUT2D eigenvalue weighted by Gasteiger charge is 2.07. The summed E-state index contributed by atoms with van der Waals surface area (Å²) >= 11 is 18.3. The Morgan fingerprint density at radius 3 is 2.29 bits per heavy atom. The average Bonchev–Trinajstić information content (AvgIpc) is 2.77. The van der Waals surface area contributed by atoms with Crippen molar-refractivity contribution in [2.24, 2.45) is 5.10 Å². The molecule has 0 unspecified atom stereocenters. The van der Waals surface area contributed by atoms with E-state index in [9.17, 15) is 0 Å². The summed E-state index contributed by atoms with van der Waals surface area (Å²) in [7, 11) is 3.21. The molecule has 0 saturated carbocycles. The Balaban J connectivity index is 1.65. The number of methoxy groups -OCH3 is 2. The molecule has 3 aromatic carbocycles. The van der Waals surface area contributed by atoms with Gasteiger partial charge in [-0.3, -0.25) is 0 Å². The van der Waals surface area contributed by atoms with Crippen molar-refractivity contribution in [3.63, 3.8) is 0 Å². The van der Waals surface area contributed by atoms with Gasteiger partial charge in [-0.15, -0.1) is 0 Å². The lowest BCUT2D eigenvalue weighted by Gasteiger charge is -2.11. The van der Waals surface area contributed by atoms with Crippen LogP contribution in [0.1, 0.15) is 16.7 Å². The third kappa shape index (κ3) is 6.44. The molecule has 0 aromatic heterocycles. The molecular weight excluding hydrogens is 459 g/mol. The molecule has 0 spiro atoms. The number of halogens is 3. The molecule has 0 saturated heterocycles. The van der Waals surface area contributed by atoms with Crippen LogP contribution in [0.25, 0.3) is 0 Å². The van der Waals surface area contributed by atoms with E-state index in [0.29, 0.717) is 38.9 Å². The lowest BCUT2D eigenvalue weighted by atomic mass is 10.2. The zero-order chi connectivity index (χ0) is 22.2. The van der Waals surface area contributed by atoms with Crippen molar-refractivity contribution in [3.8, 4) is 17.2 Å². The van der Waals surface area contributed by atoms with Gasteiger partial charge in [0.2, 0.25) is 0 Å². The fourth-order valence-electron chi connectivity index (χ4n) is 2.79. The average molecular weight is 480 g/mol.